The molecule has 0 saturated heterocycles. The van der Waals surface area contributed by atoms with Crippen molar-refractivity contribution in [2.24, 2.45) is 5.92 Å². The van der Waals surface area contributed by atoms with E-state index in [0.29, 0.717) is 17.8 Å². The number of hydrogen-bond acceptors (Lipinski definition) is 2. The summed E-state index contributed by atoms with van der Waals surface area (Å²) >= 11 is 0. The zero-order chi connectivity index (χ0) is 16.4. The Kier molecular flexibility index (Phi) is 4.37. The fourth-order valence-electron chi connectivity index (χ4n) is 2.82. The van der Waals surface area contributed by atoms with Gasteiger partial charge in [0.2, 0.25) is 5.91 Å². The van der Waals surface area contributed by atoms with Gasteiger partial charge in [-0.3, -0.25) is 4.79 Å². The lowest BCUT2D eigenvalue weighted by atomic mass is 10.0. The highest BCUT2D eigenvalue weighted by molar-refractivity contribution is 6.02. The van der Waals surface area contributed by atoms with Crippen molar-refractivity contribution in [2.75, 3.05) is 5.32 Å². The molecule has 0 spiro atoms. The standard InChI is InChI=1S/C20H23NO2/c1-13(2)16-6-4-5-7-18(16)21-20(22)11-9-15-8-10-19(23-15)17-12-14(17)3/h4-11,13-14,17H,12H2,1-3H3,(H,21,22)/b11-9+/t14-,17-/m1/s1. The molecule has 0 unspecified atom stereocenters. The van der Waals surface area contributed by atoms with Crippen LogP contribution in [-0.4, -0.2) is 5.91 Å². The molecule has 3 heteroatoms. The summed E-state index contributed by atoms with van der Waals surface area (Å²) in [5, 5.41) is 2.94. The van der Waals surface area contributed by atoms with Crippen molar-refractivity contribution in [3.8, 4) is 0 Å². The van der Waals surface area contributed by atoms with Crippen LogP contribution in [0.25, 0.3) is 6.08 Å². The van der Waals surface area contributed by atoms with Gasteiger partial charge in [0, 0.05) is 17.7 Å². The summed E-state index contributed by atoms with van der Waals surface area (Å²) in [6, 6.07) is 11.8. The molecule has 1 aliphatic rings. The van der Waals surface area contributed by atoms with Crippen molar-refractivity contribution in [3.63, 3.8) is 0 Å². The predicted octanol–water partition coefficient (Wildman–Crippen LogP) is 5.18. The van der Waals surface area contributed by atoms with E-state index in [4.69, 9.17) is 4.42 Å². The first-order valence-corrected chi connectivity index (χ1v) is 8.22. The van der Waals surface area contributed by atoms with E-state index in [0.717, 1.165) is 22.8 Å². The van der Waals surface area contributed by atoms with E-state index >= 15 is 0 Å². The van der Waals surface area contributed by atoms with Gasteiger partial charge in [-0.1, -0.05) is 39.0 Å². The smallest absolute Gasteiger partial charge is 0.248 e. The number of carbonyl (C=O) groups is 1. The van der Waals surface area contributed by atoms with Crippen LogP contribution in [0.3, 0.4) is 0 Å². The zero-order valence-corrected chi connectivity index (χ0v) is 13.9. The van der Waals surface area contributed by atoms with Crippen molar-refractivity contribution < 1.29 is 9.21 Å². The molecule has 0 radical (unpaired) electrons. The minimum Gasteiger partial charge on any atom is -0.461 e. The second kappa shape index (κ2) is 6.45. The van der Waals surface area contributed by atoms with Gasteiger partial charge in [0.25, 0.3) is 0 Å². The fourth-order valence-corrected chi connectivity index (χ4v) is 2.82. The Balaban J connectivity index is 1.64. The molecule has 120 valence electrons. The van der Waals surface area contributed by atoms with Crippen molar-refractivity contribution in [1.29, 1.82) is 0 Å². The maximum Gasteiger partial charge on any atom is 0.248 e. The maximum absolute atomic E-state index is 12.1. The van der Waals surface area contributed by atoms with E-state index in [9.17, 15) is 4.79 Å². The quantitative estimate of drug-likeness (QED) is 0.773. The average Bonchev–Trinajstić information content (AvgIpc) is 3.07. The molecule has 1 saturated carbocycles. The summed E-state index contributed by atoms with van der Waals surface area (Å²) in [6.45, 7) is 6.45. The minimum atomic E-state index is -0.143. The van der Waals surface area contributed by atoms with Crippen LogP contribution < -0.4 is 5.32 Å². The van der Waals surface area contributed by atoms with Gasteiger partial charge in [-0.25, -0.2) is 0 Å². The van der Waals surface area contributed by atoms with Gasteiger partial charge in [-0.15, -0.1) is 0 Å². The second-order valence-corrected chi connectivity index (χ2v) is 6.62. The van der Waals surface area contributed by atoms with Gasteiger partial charge in [-0.2, -0.15) is 0 Å². The average molecular weight is 309 g/mol. The fraction of sp³-hybridized carbons (Fsp3) is 0.350. The van der Waals surface area contributed by atoms with Crippen LogP contribution in [-0.2, 0) is 4.79 Å². The van der Waals surface area contributed by atoms with E-state index in [1.165, 1.54) is 12.5 Å². The van der Waals surface area contributed by atoms with Gasteiger partial charge in [0.15, 0.2) is 0 Å². The Hall–Kier alpha value is -2.29. The Bertz CT molecular complexity index is 727. The predicted molar refractivity (Wildman–Crippen MR) is 93.4 cm³/mol. The molecule has 0 bridgehead atoms. The van der Waals surface area contributed by atoms with Crippen molar-refractivity contribution in [3.05, 3.63) is 59.6 Å². The second-order valence-electron chi connectivity index (χ2n) is 6.62. The van der Waals surface area contributed by atoms with Gasteiger partial charge in [0.1, 0.15) is 11.5 Å². The van der Waals surface area contributed by atoms with Crippen molar-refractivity contribution >= 4 is 17.7 Å². The number of rotatable bonds is 5. The molecular formula is C20H23NO2. The lowest BCUT2D eigenvalue weighted by Crippen LogP contribution is -2.10. The van der Waals surface area contributed by atoms with Crippen LogP contribution in [0, 0.1) is 5.92 Å². The molecule has 1 fully saturated rings. The molecule has 3 nitrogen and oxygen atoms in total. The summed E-state index contributed by atoms with van der Waals surface area (Å²) < 4.78 is 5.77. The molecule has 1 aromatic carbocycles. The molecule has 2 aromatic rings. The number of amides is 1. The number of carbonyl (C=O) groups excluding carboxylic acids is 1. The van der Waals surface area contributed by atoms with Gasteiger partial charge >= 0.3 is 0 Å². The molecule has 2 atom stereocenters. The first-order valence-electron chi connectivity index (χ1n) is 8.22. The molecule has 1 N–H and O–H groups in total. The van der Waals surface area contributed by atoms with Crippen molar-refractivity contribution in [2.45, 2.75) is 39.0 Å². The molecule has 3 rings (SSSR count). The molecular weight excluding hydrogens is 286 g/mol. The summed E-state index contributed by atoms with van der Waals surface area (Å²) in [4.78, 5) is 12.1. The number of nitrogens with one attached hydrogen (secondary N) is 1. The Morgan fingerprint density at radius 3 is 2.70 bits per heavy atom. The Morgan fingerprint density at radius 1 is 1.26 bits per heavy atom. The summed E-state index contributed by atoms with van der Waals surface area (Å²) in [7, 11) is 0. The van der Waals surface area contributed by atoms with E-state index in [2.05, 4.69) is 26.1 Å². The van der Waals surface area contributed by atoms with Crippen LogP contribution in [0.5, 0.6) is 0 Å². The highest BCUT2D eigenvalue weighted by Crippen LogP contribution is 2.47. The topological polar surface area (TPSA) is 42.2 Å². The Labute approximate surface area is 137 Å². The molecule has 23 heavy (non-hydrogen) atoms. The lowest BCUT2D eigenvalue weighted by molar-refractivity contribution is -0.111. The highest BCUT2D eigenvalue weighted by Gasteiger charge is 2.36. The van der Waals surface area contributed by atoms with Crippen LogP contribution in [0.4, 0.5) is 5.69 Å². The van der Waals surface area contributed by atoms with E-state index in [1.807, 2.05) is 36.4 Å². The van der Waals surface area contributed by atoms with Gasteiger partial charge in [0.05, 0.1) is 0 Å². The molecule has 1 aromatic heterocycles. The van der Waals surface area contributed by atoms with E-state index in [1.54, 1.807) is 6.08 Å². The Morgan fingerprint density at radius 2 is 2.00 bits per heavy atom. The third-order valence-electron chi connectivity index (χ3n) is 4.36. The third-order valence-corrected chi connectivity index (χ3v) is 4.36. The van der Waals surface area contributed by atoms with Crippen LogP contribution in [0.1, 0.15) is 56.1 Å². The van der Waals surface area contributed by atoms with E-state index in [-0.39, 0.29) is 5.91 Å². The minimum absolute atomic E-state index is 0.143. The normalized spacial score (nSPS) is 20.2. The first-order chi connectivity index (χ1) is 11.0. The summed E-state index contributed by atoms with van der Waals surface area (Å²) in [5.74, 6) is 3.26. The maximum atomic E-state index is 12.1. The monoisotopic (exact) mass is 309 g/mol. The first kappa shape index (κ1) is 15.6. The number of hydrogen-bond donors (Lipinski definition) is 1. The van der Waals surface area contributed by atoms with Gasteiger partial charge < -0.3 is 9.73 Å². The number of anilines is 1. The molecule has 1 amide bonds. The SMILES string of the molecule is CC(C)c1ccccc1NC(=O)/C=C/c1ccc([C@@H]2C[C@H]2C)o1. The van der Waals surface area contributed by atoms with Crippen molar-refractivity contribution in [1.82, 2.24) is 0 Å². The lowest BCUT2D eigenvalue weighted by Gasteiger charge is -2.12. The highest BCUT2D eigenvalue weighted by atomic mass is 16.3. The molecule has 0 aliphatic heterocycles. The number of para-hydroxylation sites is 1. The molecule has 1 heterocycles. The molecule has 1 aliphatic carbocycles. The third kappa shape index (κ3) is 3.73. The number of benzene rings is 1. The van der Waals surface area contributed by atoms with E-state index < -0.39 is 0 Å². The van der Waals surface area contributed by atoms with Gasteiger partial charge in [-0.05, 0) is 48.1 Å². The van der Waals surface area contributed by atoms with Crippen LogP contribution in [0.2, 0.25) is 0 Å². The zero-order valence-electron chi connectivity index (χ0n) is 13.9. The van der Waals surface area contributed by atoms with Crippen LogP contribution >= 0.6 is 0 Å². The number of furan rings is 1. The summed E-state index contributed by atoms with van der Waals surface area (Å²) in [5.41, 5.74) is 2.00. The van der Waals surface area contributed by atoms with Crippen LogP contribution in [0.15, 0.2) is 46.9 Å². The summed E-state index contributed by atoms with van der Waals surface area (Å²) in [6.07, 6.45) is 4.45. The largest absolute Gasteiger partial charge is 0.461 e.